The Bertz CT molecular complexity index is 940. The van der Waals surface area contributed by atoms with Crippen LogP contribution in [-0.4, -0.2) is 19.3 Å². The second-order valence-corrected chi connectivity index (χ2v) is 5.10. The molecule has 3 aromatic rings. The van der Waals surface area contributed by atoms with Gasteiger partial charge in [0, 0.05) is 17.7 Å². The second kappa shape index (κ2) is 5.68. The lowest BCUT2D eigenvalue weighted by molar-refractivity contribution is 0.403. The fourth-order valence-corrected chi connectivity index (χ4v) is 2.57. The third kappa shape index (κ3) is 2.40. The first-order chi connectivity index (χ1) is 11.1. The van der Waals surface area contributed by atoms with E-state index in [-0.39, 0.29) is 22.1 Å². The molecule has 1 N–H and O–H groups in total. The molecule has 5 heteroatoms. The monoisotopic (exact) mass is 312 g/mol. The molecule has 3 rings (SSSR count). The van der Waals surface area contributed by atoms with Crippen LogP contribution in [0.2, 0.25) is 0 Å². The summed E-state index contributed by atoms with van der Waals surface area (Å²) in [6.45, 7) is 1.68. The van der Waals surface area contributed by atoms with E-state index >= 15 is 0 Å². The topological polar surface area (TPSA) is 68.9 Å². The number of phenolic OH excluding ortho intramolecular Hbond substituents is 1. The molecule has 0 bridgehead atoms. The number of benzene rings is 2. The number of aromatic hydroxyl groups is 1. The molecule has 0 aliphatic carbocycles. The van der Waals surface area contributed by atoms with Crippen LogP contribution in [0.3, 0.4) is 0 Å². The van der Waals surface area contributed by atoms with Crippen molar-refractivity contribution in [3.8, 4) is 28.6 Å². The van der Waals surface area contributed by atoms with Crippen molar-refractivity contribution in [3.63, 3.8) is 0 Å². The normalized spacial score (nSPS) is 10.7. The molecule has 0 aliphatic heterocycles. The summed E-state index contributed by atoms with van der Waals surface area (Å²) >= 11 is 0. The van der Waals surface area contributed by atoms with Crippen molar-refractivity contribution in [2.24, 2.45) is 0 Å². The maximum absolute atomic E-state index is 12.4. The minimum absolute atomic E-state index is 0.125. The maximum atomic E-state index is 12.4. The van der Waals surface area contributed by atoms with Gasteiger partial charge in [-0.05, 0) is 19.1 Å². The highest BCUT2D eigenvalue weighted by Gasteiger charge is 2.17. The lowest BCUT2D eigenvalue weighted by Crippen LogP contribution is -2.03. The number of phenols is 1. The molecule has 0 radical (unpaired) electrons. The summed E-state index contributed by atoms with van der Waals surface area (Å²) in [5, 5.41) is 10.4. The van der Waals surface area contributed by atoms with Crippen LogP contribution in [0.5, 0.6) is 17.2 Å². The lowest BCUT2D eigenvalue weighted by Gasteiger charge is -2.11. The first-order valence-corrected chi connectivity index (χ1v) is 7.04. The Kier molecular flexibility index (Phi) is 3.70. The summed E-state index contributed by atoms with van der Waals surface area (Å²) < 4.78 is 16.4. The van der Waals surface area contributed by atoms with Crippen molar-refractivity contribution in [3.05, 3.63) is 52.2 Å². The highest BCUT2D eigenvalue weighted by atomic mass is 16.5. The quantitative estimate of drug-likeness (QED) is 0.801. The van der Waals surface area contributed by atoms with Crippen molar-refractivity contribution in [1.29, 1.82) is 0 Å². The van der Waals surface area contributed by atoms with E-state index in [0.717, 1.165) is 0 Å². The predicted molar refractivity (Wildman–Crippen MR) is 87.4 cm³/mol. The van der Waals surface area contributed by atoms with Crippen LogP contribution in [0, 0.1) is 6.92 Å². The Morgan fingerprint density at radius 1 is 1.04 bits per heavy atom. The molecular formula is C18H16O5. The summed E-state index contributed by atoms with van der Waals surface area (Å²) in [5.74, 6) is 1.29. The van der Waals surface area contributed by atoms with Gasteiger partial charge in [0.2, 0.25) is 0 Å². The first-order valence-electron chi connectivity index (χ1n) is 7.04. The van der Waals surface area contributed by atoms with Gasteiger partial charge in [-0.3, -0.25) is 4.79 Å². The van der Waals surface area contributed by atoms with Gasteiger partial charge in [-0.1, -0.05) is 12.1 Å². The molecule has 1 aromatic heterocycles. The molecule has 0 atom stereocenters. The van der Waals surface area contributed by atoms with E-state index in [9.17, 15) is 9.90 Å². The molecule has 0 unspecified atom stereocenters. The van der Waals surface area contributed by atoms with Gasteiger partial charge in [0.15, 0.2) is 5.43 Å². The van der Waals surface area contributed by atoms with Crippen LogP contribution in [0.25, 0.3) is 22.3 Å². The van der Waals surface area contributed by atoms with Gasteiger partial charge < -0.3 is 19.0 Å². The number of hydrogen-bond donors (Lipinski definition) is 1. The third-order valence-corrected chi connectivity index (χ3v) is 3.79. The van der Waals surface area contributed by atoms with Gasteiger partial charge in [-0.25, -0.2) is 0 Å². The number of ether oxygens (including phenoxy) is 2. The summed E-state index contributed by atoms with van der Waals surface area (Å²) in [4.78, 5) is 12.4. The van der Waals surface area contributed by atoms with Crippen molar-refractivity contribution >= 4 is 11.0 Å². The maximum Gasteiger partial charge on any atom is 0.197 e. The second-order valence-electron chi connectivity index (χ2n) is 5.10. The average molecular weight is 312 g/mol. The Balaban J connectivity index is 2.34. The minimum Gasteiger partial charge on any atom is -0.507 e. The van der Waals surface area contributed by atoms with Gasteiger partial charge in [0.1, 0.15) is 34.0 Å². The predicted octanol–water partition coefficient (Wildman–Crippen LogP) is 3.49. The molecule has 0 aliphatic rings. The van der Waals surface area contributed by atoms with Crippen LogP contribution in [0.15, 0.2) is 45.6 Å². The molecule has 5 nitrogen and oxygen atoms in total. The molecule has 0 amide bonds. The van der Waals surface area contributed by atoms with E-state index < -0.39 is 0 Å². The Morgan fingerprint density at radius 2 is 1.74 bits per heavy atom. The van der Waals surface area contributed by atoms with Crippen LogP contribution in [-0.2, 0) is 0 Å². The number of methoxy groups -OCH3 is 2. The Morgan fingerprint density at radius 3 is 2.43 bits per heavy atom. The Labute approximate surface area is 132 Å². The van der Waals surface area contributed by atoms with E-state index in [1.807, 2.05) is 12.1 Å². The molecule has 2 aromatic carbocycles. The zero-order chi connectivity index (χ0) is 16.6. The van der Waals surface area contributed by atoms with E-state index in [1.165, 1.54) is 13.2 Å². The van der Waals surface area contributed by atoms with E-state index in [2.05, 4.69) is 0 Å². The molecule has 118 valence electrons. The molecule has 0 saturated heterocycles. The Hall–Kier alpha value is -2.95. The summed E-state index contributed by atoms with van der Waals surface area (Å²) in [6.07, 6.45) is 0. The van der Waals surface area contributed by atoms with Crippen LogP contribution >= 0.6 is 0 Å². The third-order valence-electron chi connectivity index (χ3n) is 3.79. The smallest absolute Gasteiger partial charge is 0.197 e. The summed E-state index contributed by atoms with van der Waals surface area (Å²) in [5.41, 5.74) is 1.10. The van der Waals surface area contributed by atoms with Crippen LogP contribution in [0.1, 0.15) is 5.56 Å². The molecule has 23 heavy (non-hydrogen) atoms. The van der Waals surface area contributed by atoms with Crippen molar-refractivity contribution in [2.75, 3.05) is 14.2 Å². The van der Waals surface area contributed by atoms with Gasteiger partial charge in [-0.2, -0.15) is 0 Å². The molecule has 0 spiro atoms. The van der Waals surface area contributed by atoms with Crippen molar-refractivity contribution in [2.45, 2.75) is 6.92 Å². The molecule has 1 heterocycles. The SMILES string of the molecule is COc1ccccc1-c1cc(=O)c2c(O)c(C)c(OC)cc2o1. The number of hydrogen-bond acceptors (Lipinski definition) is 5. The van der Waals surface area contributed by atoms with E-state index in [4.69, 9.17) is 13.9 Å². The zero-order valence-corrected chi connectivity index (χ0v) is 13.0. The fourth-order valence-electron chi connectivity index (χ4n) is 2.57. The molecular weight excluding hydrogens is 296 g/mol. The van der Waals surface area contributed by atoms with Gasteiger partial charge in [-0.15, -0.1) is 0 Å². The summed E-state index contributed by atoms with van der Waals surface area (Å²) in [7, 11) is 3.05. The summed E-state index contributed by atoms with van der Waals surface area (Å²) in [6, 6.07) is 10.2. The van der Waals surface area contributed by atoms with Crippen molar-refractivity contribution < 1.29 is 19.0 Å². The van der Waals surface area contributed by atoms with E-state index in [0.29, 0.717) is 28.4 Å². The van der Waals surface area contributed by atoms with Gasteiger partial charge >= 0.3 is 0 Å². The minimum atomic E-state index is -0.324. The van der Waals surface area contributed by atoms with E-state index in [1.54, 1.807) is 32.2 Å². The van der Waals surface area contributed by atoms with Crippen LogP contribution in [0.4, 0.5) is 0 Å². The number of para-hydroxylation sites is 1. The van der Waals surface area contributed by atoms with Gasteiger partial charge in [0.25, 0.3) is 0 Å². The van der Waals surface area contributed by atoms with Crippen LogP contribution < -0.4 is 14.9 Å². The first kappa shape index (κ1) is 15.0. The van der Waals surface area contributed by atoms with Gasteiger partial charge in [0.05, 0.1) is 19.8 Å². The number of fused-ring (bicyclic) bond motifs is 1. The zero-order valence-electron chi connectivity index (χ0n) is 13.0. The highest BCUT2D eigenvalue weighted by molar-refractivity contribution is 5.88. The molecule has 0 saturated carbocycles. The van der Waals surface area contributed by atoms with Crippen molar-refractivity contribution in [1.82, 2.24) is 0 Å². The fraction of sp³-hybridized carbons (Fsp3) is 0.167. The highest BCUT2D eigenvalue weighted by Crippen LogP contribution is 2.36. The molecule has 0 fully saturated rings. The lowest BCUT2D eigenvalue weighted by atomic mass is 10.1. The largest absolute Gasteiger partial charge is 0.507 e. The number of rotatable bonds is 3. The standard InChI is InChI=1S/C18H16O5/c1-10-14(22-3)9-16-17(18(10)20)12(19)8-15(23-16)11-6-4-5-7-13(11)21-2/h4-9,20H,1-3H3. The average Bonchev–Trinajstić information content (AvgIpc) is 2.57.